The normalized spacial score (nSPS) is 12.9. The van der Waals surface area contributed by atoms with Gasteiger partial charge in [-0.3, -0.25) is 14.7 Å². The number of fused-ring (bicyclic) bond motifs is 1. The van der Waals surface area contributed by atoms with Gasteiger partial charge in [0, 0.05) is 28.7 Å². The monoisotopic (exact) mass is 413 g/mol. The topological polar surface area (TPSA) is 71.0 Å². The largest absolute Gasteiger partial charge is 0.346 e. The first-order chi connectivity index (χ1) is 14.8. The van der Waals surface area contributed by atoms with Gasteiger partial charge >= 0.3 is 0 Å². The van der Waals surface area contributed by atoms with Crippen LogP contribution in [0, 0.1) is 0 Å². The van der Waals surface area contributed by atoms with Gasteiger partial charge in [-0.2, -0.15) is 0 Å². The van der Waals surface area contributed by atoms with Gasteiger partial charge in [0.1, 0.15) is 17.2 Å². The average Bonchev–Trinajstić information content (AvgIpc) is 3.23. The second kappa shape index (κ2) is 8.30. The van der Waals surface area contributed by atoms with Crippen molar-refractivity contribution in [1.29, 1.82) is 0 Å². The number of nitrogens with zero attached hydrogens (tertiary/aromatic N) is 4. The van der Waals surface area contributed by atoms with Crippen LogP contribution in [0.25, 0.3) is 11.5 Å². The van der Waals surface area contributed by atoms with Gasteiger partial charge < -0.3 is 5.32 Å². The predicted octanol–water partition coefficient (Wildman–Crippen LogP) is 4.59. The molecule has 0 aliphatic heterocycles. The van der Waals surface area contributed by atoms with Crippen LogP contribution < -0.4 is 10.2 Å². The highest BCUT2D eigenvalue weighted by Gasteiger charge is 2.29. The Labute approximate surface area is 183 Å². The highest BCUT2D eigenvalue weighted by atomic mass is 16.2. The molecule has 31 heavy (non-hydrogen) atoms. The van der Waals surface area contributed by atoms with Crippen molar-refractivity contribution in [2.45, 2.75) is 45.6 Å². The number of benzene rings is 1. The summed E-state index contributed by atoms with van der Waals surface area (Å²) in [7, 11) is 0. The molecule has 1 aromatic carbocycles. The fourth-order valence-corrected chi connectivity index (χ4v) is 3.70. The van der Waals surface area contributed by atoms with Crippen molar-refractivity contribution >= 4 is 17.4 Å². The molecule has 6 nitrogen and oxygen atoms in total. The van der Waals surface area contributed by atoms with Crippen LogP contribution in [0.15, 0.2) is 67.0 Å². The number of hydrogen-bond donors (Lipinski definition) is 1. The first kappa shape index (κ1) is 20.7. The third-order valence-electron chi connectivity index (χ3n) is 5.05. The summed E-state index contributed by atoms with van der Waals surface area (Å²) in [5.74, 6) is 1.02. The molecule has 0 bridgehead atoms. The zero-order valence-corrected chi connectivity index (χ0v) is 18.2. The van der Waals surface area contributed by atoms with E-state index in [2.05, 4.69) is 16.9 Å². The Morgan fingerprint density at radius 3 is 2.45 bits per heavy atom. The van der Waals surface area contributed by atoms with Crippen molar-refractivity contribution in [2.24, 2.45) is 0 Å². The highest BCUT2D eigenvalue weighted by Crippen LogP contribution is 2.36. The highest BCUT2D eigenvalue weighted by molar-refractivity contribution is 5.99. The van der Waals surface area contributed by atoms with Crippen molar-refractivity contribution in [2.75, 3.05) is 4.90 Å². The summed E-state index contributed by atoms with van der Waals surface area (Å²) in [6, 6.07) is 15.4. The third-order valence-corrected chi connectivity index (χ3v) is 5.05. The van der Waals surface area contributed by atoms with E-state index in [1.54, 1.807) is 6.20 Å². The molecule has 0 unspecified atom stereocenters. The van der Waals surface area contributed by atoms with Crippen LogP contribution in [0.3, 0.4) is 0 Å². The van der Waals surface area contributed by atoms with Crippen LogP contribution in [0.4, 0.5) is 11.5 Å². The van der Waals surface area contributed by atoms with E-state index in [4.69, 9.17) is 9.97 Å². The molecule has 158 valence electrons. The molecular weight excluding hydrogens is 386 g/mol. The molecule has 1 amide bonds. The fourth-order valence-electron chi connectivity index (χ4n) is 3.70. The van der Waals surface area contributed by atoms with Crippen molar-refractivity contribution in [1.82, 2.24) is 20.3 Å². The van der Waals surface area contributed by atoms with Crippen LogP contribution >= 0.6 is 0 Å². The Balaban J connectivity index is 1.87. The van der Waals surface area contributed by atoms with Crippen molar-refractivity contribution in [3.8, 4) is 11.5 Å². The number of aromatic nitrogens is 3. The number of hydrogen-bond acceptors (Lipinski definition) is 5. The van der Waals surface area contributed by atoms with Gasteiger partial charge in [-0.05, 0) is 64.3 Å². The van der Waals surface area contributed by atoms with Gasteiger partial charge in [0.05, 0.1) is 0 Å². The molecule has 0 radical (unpaired) electrons. The number of para-hydroxylation sites is 1. The summed E-state index contributed by atoms with van der Waals surface area (Å²) in [4.78, 5) is 29.1. The van der Waals surface area contributed by atoms with Gasteiger partial charge in [-0.15, -0.1) is 0 Å². The van der Waals surface area contributed by atoms with Crippen LogP contribution in [-0.4, -0.2) is 26.4 Å². The maximum atomic E-state index is 13.1. The molecule has 0 atom stereocenters. The van der Waals surface area contributed by atoms with Gasteiger partial charge in [-0.1, -0.05) is 30.8 Å². The lowest BCUT2D eigenvalue weighted by molar-refractivity contribution is -0.118. The zero-order chi connectivity index (χ0) is 22.0. The SMILES string of the molecule is C=C(C(=O)NC(C)(C)C)N(c1ccccc1)c1nc(-c2ccccn2)nc2c1CCC2. The lowest BCUT2D eigenvalue weighted by atomic mass is 10.1. The number of rotatable bonds is 5. The first-order valence-corrected chi connectivity index (χ1v) is 10.5. The summed E-state index contributed by atoms with van der Waals surface area (Å²) in [6.45, 7) is 10.0. The molecule has 0 saturated heterocycles. The second-order valence-corrected chi connectivity index (χ2v) is 8.69. The zero-order valence-electron chi connectivity index (χ0n) is 18.2. The maximum absolute atomic E-state index is 13.1. The molecule has 1 N–H and O–H groups in total. The number of amides is 1. The van der Waals surface area contributed by atoms with Gasteiger partial charge in [0.2, 0.25) is 0 Å². The molecule has 2 aromatic heterocycles. The van der Waals surface area contributed by atoms with E-state index in [-0.39, 0.29) is 11.4 Å². The molecule has 3 aromatic rings. The standard InChI is InChI=1S/C25H27N5O/c1-17(24(31)29-25(2,3)4)30(18-11-6-5-7-12-18)23-19-13-10-15-20(19)27-22(28-23)21-14-8-9-16-26-21/h5-9,11-12,14,16H,1,10,13,15H2,2-4H3,(H,29,31). The lowest BCUT2D eigenvalue weighted by Crippen LogP contribution is -2.44. The number of nitrogens with one attached hydrogen (secondary N) is 1. The summed E-state index contributed by atoms with van der Waals surface area (Å²) >= 11 is 0. The summed E-state index contributed by atoms with van der Waals surface area (Å²) in [5, 5.41) is 3.02. The molecule has 6 heteroatoms. The molecule has 2 heterocycles. The molecule has 0 fully saturated rings. The number of pyridine rings is 1. The van der Waals surface area contributed by atoms with Gasteiger partial charge in [0.25, 0.3) is 5.91 Å². The second-order valence-electron chi connectivity index (χ2n) is 8.69. The summed E-state index contributed by atoms with van der Waals surface area (Å²) in [5.41, 5.74) is 3.55. The Morgan fingerprint density at radius 2 is 1.77 bits per heavy atom. The van der Waals surface area contributed by atoms with E-state index in [1.807, 2.05) is 74.2 Å². The Kier molecular flexibility index (Phi) is 5.55. The van der Waals surface area contributed by atoms with Gasteiger partial charge in [-0.25, -0.2) is 9.97 Å². The van der Waals surface area contributed by atoms with Crippen LogP contribution in [-0.2, 0) is 17.6 Å². The first-order valence-electron chi connectivity index (χ1n) is 10.5. The average molecular weight is 414 g/mol. The van der Waals surface area contributed by atoms with Crippen LogP contribution in [0.1, 0.15) is 38.4 Å². The third kappa shape index (κ3) is 4.48. The fraction of sp³-hybridized carbons (Fsp3) is 0.280. The maximum Gasteiger partial charge on any atom is 0.268 e. The lowest BCUT2D eigenvalue weighted by Gasteiger charge is -2.29. The number of aryl methyl sites for hydroxylation is 1. The number of anilines is 2. The smallest absolute Gasteiger partial charge is 0.268 e. The minimum atomic E-state index is -0.380. The molecular formula is C25H27N5O. The minimum absolute atomic E-state index is 0.235. The molecule has 1 aliphatic rings. The van der Waals surface area contributed by atoms with Crippen LogP contribution in [0.2, 0.25) is 0 Å². The molecule has 0 saturated carbocycles. The van der Waals surface area contributed by atoms with E-state index in [1.165, 1.54) is 0 Å². The quantitative estimate of drug-likeness (QED) is 0.619. The number of carbonyl (C=O) groups is 1. The summed E-state index contributed by atoms with van der Waals surface area (Å²) < 4.78 is 0. The van der Waals surface area contributed by atoms with Gasteiger partial charge in [0.15, 0.2) is 5.82 Å². The van der Waals surface area contributed by atoms with E-state index in [9.17, 15) is 4.79 Å². The molecule has 0 spiro atoms. The van der Waals surface area contributed by atoms with Crippen molar-refractivity contribution in [3.63, 3.8) is 0 Å². The molecule has 4 rings (SSSR count). The minimum Gasteiger partial charge on any atom is -0.346 e. The van der Waals surface area contributed by atoms with Crippen molar-refractivity contribution < 1.29 is 4.79 Å². The Morgan fingerprint density at radius 1 is 1.03 bits per heavy atom. The van der Waals surface area contributed by atoms with E-state index in [0.717, 1.165) is 36.2 Å². The Bertz CT molecular complexity index is 1100. The number of carbonyl (C=O) groups excluding carboxylic acids is 1. The Hall–Kier alpha value is -3.54. The van der Waals surface area contributed by atoms with E-state index >= 15 is 0 Å². The molecule has 1 aliphatic carbocycles. The summed E-state index contributed by atoms with van der Waals surface area (Å²) in [6.07, 6.45) is 4.49. The van der Waals surface area contributed by atoms with Crippen LogP contribution in [0.5, 0.6) is 0 Å². The van der Waals surface area contributed by atoms with Crippen molar-refractivity contribution in [3.05, 3.63) is 78.3 Å². The predicted molar refractivity (Wildman–Crippen MR) is 123 cm³/mol. The van der Waals surface area contributed by atoms with E-state index in [0.29, 0.717) is 23.0 Å². The van der Waals surface area contributed by atoms with E-state index < -0.39 is 0 Å².